The molecule has 1 saturated heterocycles. The Labute approximate surface area is 122 Å². The fourth-order valence-electron chi connectivity index (χ4n) is 3.41. The van der Waals surface area contributed by atoms with Gasteiger partial charge in [0.25, 0.3) is 0 Å². The second kappa shape index (κ2) is 4.58. The zero-order valence-electron chi connectivity index (χ0n) is 10.9. The number of hydrogen-bond donors (Lipinski definition) is 1. The number of fused-ring (bicyclic) bond motifs is 3. The minimum Gasteiger partial charge on any atom is -0.393 e. The average molecular weight is 291 g/mol. The first-order valence-electron chi connectivity index (χ1n) is 6.84. The lowest BCUT2D eigenvalue weighted by Gasteiger charge is -2.33. The normalized spacial score (nSPS) is 28.2. The molecule has 0 spiro atoms. The van der Waals surface area contributed by atoms with Crippen LogP contribution in [0.15, 0.2) is 30.7 Å². The van der Waals surface area contributed by atoms with Crippen LogP contribution in [0.25, 0.3) is 11.3 Å². The first-order valence-corrected chi connectivity index (χ1v) is 7.21. The van der Waals surface area contributed by atoms with Crippen LogP contribution in [0.2, 0.25) is 5.02 Å². The number of ether oxygens (including phenoxy) is 1. The number of aliphatic hydroxyl groups is 1. The highest BCUT2D eigenvalue weighted by Gasteiger charge is 2.40. The van der Waals surface area contributed by atoms with Crippen LogP contribution in [0.4, 0.5) is 0 Å². The summed E-state index contributed by atoms with van der Waals surface area (Å²) in [6.07, 6.45) is 3.97. The van der Waals surface area contributed by atoms with Gasteiger partial charge in [0, 0.05) is 28.7 Å². The third-order valence-electron chi connectivity index (χ3n) is 4.36. The molecule has 2 aromatic rings. The molecule has 3 heterocycles. The maximum atomic E-state index is 10.4. The van der Waals surface area contributed by atoms with Crippen molar-refractivity contribution in [1.82, 2.24) is 9.55 Å². The highest BCUT2D eigenvalue weighted by molar-refractivity contribution is 6.32. The summed E-state index contributed by atoms with van der Waals surface area (Å²) in [5.74, 6) is 0.0119. The van der Waals surface area contributed by atoms with Crippen molar-refractivity contribution in [1.29, 1.82) is 0 Å². The minimum absolute atomic E-state index is 0.00602. The van der Waals surface area contributed by atoms with Gasteiger partial charge in [0.15, 0.2) is 0 Å². The van der Waals surface area contributed by atoms with Crippen molar-refractivity contribution in [2.45, 2.75) is 18.6 Å². The van der Waals surface area contributed by atoms with E-state index in [4.69, 9.17) is 16.3 Å². The highest BCUT2D eigenvalue weighted by atomic mass is 35.5. The van der Waals surface area contributed by atoms with Crippen LogP contribution in [0, 0.1) is 5.92 Å². The molecule has 1 aromatic carbocycles. The van der Waals surface area contributed by atoms with Crippen molar-refractivity contribution in [3.63, 3.8) is 0 Å². The molecule has 0 aliphatic carbocycles. The summed E-state index contributed by atoms with van der Waals surface area (Å²) in [6, 6.07) is 5.93. The van der Waals surface area contributed by atoms with Crippen LogP contribution in [-0.2, 0) is 4.74 Å². The zero-order chi connectivity index (χ0) is 13.7. The monoisotopic (exact) mass is 290 g/mol. The van der Waals surface area contributed by atoms with E-state index >= 15 is 0 Å². The van der Waals surface area contributed by atoms with E-state index < -0.39 is 0 Å². The van der Waals surface area contributed by atoms with Crippen LogP contribution in [0.3, 0.4) is 0 Å². The maximum absolute atomic E-state index is 10.4. The van der Waals surface area contributed by atoms with Gasteiger partial charge < -0.3 is 14.4 Å². The van der Waals surface area contributed by atoms with Gasteiger partial charge in [-0.2, -0.15) is 0 Å². The summed E-state index contributed by atoms with van der Waals surface area (Å²) in [5, 5.41) is 11.1. The van der Waals surface area contributed by atoms with Crippen molar-refractivity contribution in [3.8, 4) is 11.3 Å². The molecule has 2 aliphatic heterocycles. The number of aliphatic hydroxyl groups excluding tert-OH is 1. The second-order valence-corrected chi connectivity index (χ2v) is 5.83. The van der Waals surface area contributed by atoms with E-state index in [0.29, 0.717) is 19.6 Å². The maximum Gasteiger partial charge on any atom is 0.0956 e. The summed E-state index contributed by atoms with van der Waals surface area (Å²) in [6.45, 7) is 1.17. The Kier molecular flexibility index (Phi) is 2.84. The van der Waals surface area contributed by atoms with Crippen molar-refractivity contribution in [2.75, 3.05) is 13.2 Å². The van der Waals surface area contributed by atoms with Crippen molar-refractivity contribution in [2.24, 2.45) is 5.92 Å². The molecular formula is C15H15ClN2O2. The van der Waals surface area contributed by atoms with Gasteiger partial charge in [-0.3, -0.25) is 0 Å². The number of aromatic nitrogens is 2. The SMILES string of the molecule is O[C@@H]1CCOC[C@H]1C1c2c(Cl)cccc2-c2cncn21. The number of halogens is 1. The van der Waals surface area contributed by atoms with E-state index in [2.05, 4.69) is 15.6 Å². The van der Waals surface area contributed by atoms with E-state index in [1.165, 1.54) is 0 Å². The molecule has 1 fully saturated rings. The highest BCUT2D eigenvalue weighted by Crippen LogP contribution is 2.47. The molecule has 3 atom stereocenters. The number of nitrogens with zero attached hydrogens (tertiary/aromatic N) is 2. The van der Waals surface area contributed by atoms with Gasteiger partial charge in [-0.25, -0.2) is 4.98 Å². The van der Waals surface area contributed by atoms with Crippen LogP contribution >= 0.6 is 11.6 Å². The van der Waals surface area contributed by atoms with Crippen molar-refractivity contribution < 1.29 is 9.84 Å². The molecule has 1 N–H and O–H groups in total. The standard InChI is InChI=1S/C15H15ClN2O2/c16-11-3-1-2-9-12-6-17-8-18(12)15(14(9)11)10-7-20-5-4-13(10)19/h1-3,6,8,10,13,15,19H,4-5,7H2/t10-,13-,15?/m1/s1. The molecule has 104 valence electrons. The van der Waals surface area contributed by atoms with Crippen molar-refractivity contribution in [3.05, 3.63) is 41.3 Å². The Hall–Kier alpha value is -1.36. The molecule has 0 radical (unpaired) electrons. The average Bonchev–Trinajstić information content (AvgIpc) is 3.01. The molecule has 1 aromatic heterocycles. The summed E-state index contributed by atoms with van der Waals surface area (Å²) >= 11 is 6.42. The molecule has 2 aliphatic rings. The smallest absolute Gasteiger partial charge is 0.0956 e. The van der Waals surface area contributed by atoms with E-state index in [1.54, 1.807) is 0 Å². The zero-order valence-corrected chi connectivity index (χ0v) is 11.6. The van der Waals surface area contributed by atoms with Crippen LogP contribution in [-0.4, -0.2) is 34.0 Å². The molecule has 5 heteroatoms. The fourth-order valence-corrected chi connectivity index (χ4v) is 3.69. The quantitative estimate of drug-likeness (QED) is 0.878. The molecule has 1 unspecified atom stereocenters. The Bertz CT molecular complexity index is 655. The molecule has 0 amide bonds. The van der Waals surface area contributed by atoms with Gasteiger partial charge in [-0.05, 0) is 12.5 Å². The Morgan fingerprint density at radius 1 is 1.40 bits per heavy atom. The Balaban J connectivity index is 1.88. The molecule has 4 rings (SSSR count). The summed E-state index contributed by atoms with van der Waals surface area (Å²) in [4.78, 5) is 4.24. The Morgan fingerprint density at radius 3 is 3.15 bits per heavy atom. The predicted octanol–water partition coefficient (Wildman–Crippen LogP) is 2.50. The largest absolute Gasteiger partial charge is 0.393 e. The minimum atomic E-state index is -0.369. The third-order valence-corrected chi connectivity index (χ3v) is 4.69. The van der Waals surface area contributed by atoms with E-state index in [9.17, 15) is 5.11 Å². The lowest BCUT2D eigenvalue weighted by atomic mass is 9.86. The predicted molar refractivity (Wildman–Crippen MR) is 75.7 cm³/mol. The summed E-state index contributed by atoms with van der Waals surface area (Å²) in [5.41, 5.74) is 3.25. The summed E-state index contributed by atoms with van der Waals surface area (Å²) < 4.78 is 7.68. The van der Waals surface area contributed by atoms with E-state index in [-0.39, 0.29) is 18.1 Å². The molecule has 4 nitrogen and oxygen atoms in total. The van der Waals surface area contributed by atoms with Gasteiger partial charge in [-0.15, -0.1) is 0 Å². The molecule has 0 bridgehead atoms. The number of hydrogen-bond acceptors (Lipinski definition) is 3. The molecule has 0 saturated carbocycles. The number of rotatable bonds is 1. The van der Waals surface area contributed by atoms with Crippen LogP contribution < -0.4 is 0 Å². The van der Waals surface area contributed by atoms with E-state index in [0.717, 1.165) is 21.8 Å². The van der Waals surface area contributed by atoms with Crippen LogP contribution in [0.5, 0.6) is 0 Å². The van der Waals surface area contributed by atoms with Crippen molar-refractivity contribution >= 4 is 11.6 Å². The summed E-state index contributed by atoms with van der Waals surface area (Å²) in [7, 11) is 0. The number of imidazole rings is 1. The molecule has 20 heavy (non-hydrogen) atoms. The first-order chi connectivity index (χ1) is 9.77. The lowest BCUT2D eigenvalue weighted by Crippen LogP contribution is -2.37. The molecular weight excluding hydrogens is 276 g/mol. The Morgan fingerprint density at radius 2 is 2.30 bits per heavy atom. The number of benzene rings is 1. The second-order valence-electron chi connectivity index (χ2n) is 5.43. The lowest BCUT2D eigenvalue weighted by molar-refractivity contribution is -0.0481. The topological polar surface area (TPSA) is 47.3 Å². The van der Waals surface area contributed by atoms with E-state index in [1.807, 2.05) is 24.7 Å². The van der Waals surface area contributed by atoms with Gasteiger partial charge in [0.2, 0.25) is 0 Å². The first kappa shape index (κ1) is 12.4. The van der Waals surface area contributed by atoms with Crippen LogP contribution in [0.1, 0.15) is 18.0 Å². The fraction of sp³-hybridized carbons (Fsp3) is 0.400. The van der Waals surface area contributed by atoms with Gasteiger partial charge in [0.1, 0.15) is 0 Å². The van der Waals surface area contributed by atoms with Gasteiger partial charge in [-0.1, -0.05) is 23.7 Å². The van der Waals surface area contributed by atoms with Gasteiger partial charge in [0.05, 0.1) is 37.0 Å². The third kappa shape index (κ3) is 1.65. The van der Waals surface area contributed by atoms with Gasteiger partial charge >= 0.3 is 0 Å².